The van der Waals surface area contributed by atoms with E-state index in [4.69, 9.17) is 16.3 Å². The van der Waals surface area contributed by atoms with E-state index in [0.29, 0.717) is 16.5 Å². The van der Waals surface area contributed by atoms with E-state index < -0.39 is 0 Å². The summed E-state index contributed by atoms with van der Waals surface area (Å²) in [4.78, 5) is 0. The second-order valence-corrected chi connectivity index (χ2v) is 6.22. The normalized spacial score (nSPS) is 11.4. The monoisotopic (exact) mass is 325 g/mol. The van der Waals surface area contributed by atoms with Crippen molar-refractivity contribution in [3.63, 3.8) is 0 Å². The molecule has 0 fully saturated rings. The zero-order valence-electron chi connectivity index (χ0n) is 13.9. The fourth-order valence-corrected chi connectivity index (χ4v) is 2.68. The molecule has 2 aromatic rings. The second kappa shape index (κ2) is 7.35. The predicted molar refractivity (Wildman–Crippen MR) is 96.8 cm³/mol. The van der Waals surface area contributed by atoms with E-state index >= 15 is 0 Å². The topological polar surface area (TPSA) is 33.0 Å². The molecule has 0 amide bonds. The molecule has 0 saturated carbocycles. The first-order valence-corrected chi connectivity index (χ1v) is 7.90. The molecule has 0 aliphatic rings. The Morgan fingerprint density at radius 2 is 2.00 bits per heavy atom. The average molecular weight is 326 g/mol. The molecule has 0 bridgehead atoms. The third kappa shape index (κ3) is 3.94. The fraction of sp³-hybridized carbons (Fsp3) is 0.250. The molecule has 2 nitrogen and oxygen atoms in total. The van der Waals surface area contributed by atoms with Crippen molar-refractivity contribution < 1.29 is 4.74 Å². The maximum Gasteiger partial charge on any atom is 0.122 e. The lowest BCUT2D eigenvalue weighted by atomic mass is 9.94. The van der Waals surface area contributed by atoms with Crippen LogP contribution in [0.4, 0.5) is 0 Å². The number of nitriles is 1. The molecule has 0 aromatic heterocycles. The highest BCUT2D eigenvalue weighted by Gasteiger charge is 2.11. The third-order valence-electron chi connectivity index (χ3n) is 3.80. The molecule has 2 rings (SSSR count). The van der Waals surface area contributed by atoms with Crippen LogP contribution >= 0.6 is 11.6 Å². The second-order valence-electron chi connectivity index (χ2n) is 5.79. The van der Waals surface area contributed by atoms with Crippen LogP contribution in [0.15, 0.2) is 36.4 Å². The molecule has 0 atom stereocenters. The molecule has 118 valence electrons. The van der Waals surface area contributed by atoms with Crippen LogP contribution in [0.3, 0.4) is 0 Å². The number of ether oxygens (including phenoxy) is 1. The molecule has 0 unspecified atom stereocenters. The SMILES string of the molecule is COc1cc(C)c(/C=C(\C#N)c2cccc(Cl)c2)cc1C(C)C. The van der Waals surface area contributed by atoms with Crippen molar-refractivity contribution in [2.24, 2.45) is 0 Å². The van der Waals surface area contributed by atoms with E-state index in [9.17, 15) is 5.26 Å². The van der Waals surface area contributed by atoms with Gasteiger partial charge in [0.1, 0.15) is 5.75 Å². The van der Waals surface area contributed by atoms with Crippen molar-refractivity contribution in [1.29, 1.82) is 5.26 Å². The molecule has 0 aliphatic heterocycles. The molecule has 0 N–H and O–H groups in total. The predicted octanol–water partition coefficient (Wildman–Crippen LogP) is 5.84. The number of halogens is 1. The van der Waals surface area contributed by atoms with Crippen LogP contribution in [0.5, 0.6) is 5.75 Å². The highest BCUT2D eigenvalue weighted by atomic mass is 35.5. The van der Waals surface area contributed by atoms with E-state index in [1.54, 1.807) is 19.2 Å². The first kappa shape index (κ1) is 17.1. The summed E-state index contributed by atoms with van der Waals surface area (Å²) in [6.07, 6.45) is 1.91. The highest BCUT2D eigenvalue weighted by Crippen LogP contribution is 2.31. The number of aryl methyl sites for hydroxylation is 1. The molecule has 0 heterocycles. The third-order valence-corrected chi connectivity index (χ3v) is 4.03. The number of hydrogen-bond acceptors (Lipinski definition) is 2. The minimum atomic E-state index is 0.342. The van der Waals surface area contributed by atoms with Gasteiger partial charge >= 0.3 is 0 Å². The van der Waals surface area contributed by atoms with Gasteiger partial charge in [0.2, 0.25) is 0 Å². The molecule has 3 heteroatoms. The zero-order valence-corrected chi connectivity index (χ0v) is 14.6. The Balaban J connectivity index is 2.56. The van der Waals surface area contributed by atoms with E-state index in [1.807, 2.05) is 31.2 Å². The van der Waals surface area contributed by atoms with E-state index in [0.717, 1.165) is 28.0 Å². The van der Waals surface area contributed by atoms with Gasteiger partial charge in [0.25, 0.3) is 0 Å². The van der Waals surface area contributed by atoms with Gasteiger partial charge in [0.15, 0.2) is 0 Å². The molecule has 0 aliphatic carbocycles. The number of hydrogen-bond donors (Lipinski definition) is 0. The number of allylic oxidation sites excluding steroid dienone is 1. The van der Waals surface area contributed by atoms with Crippen molar-refractivity contribution in [2.45, 2.75) is 26.7 Å². The van der Waals surface area contributed by atoms with Gasteiger partial charge in [-0.1, -0.05) is 37.6 Å². The van der Waals surface area contributed by atoms with Crippen LogP contribution in [-0.2, 0) is 0 Å². The number of nitrogens with zero attached hydrogens (tertiary/aromatic N) is 1. The molecule has 2 aromatic carbocycles. The van der Waals surface area contributed by atoms with Crippen LogP contribution in [-0.4, -0.2) is 7.11 Å². The number of methoxy groups -OCH3 is 1. The first-order chi connectivity index (χ1) is 11.0. The van der Waals surface area contributed by atoms with Crippen LogP contribution in [0, 0.1) is 18.3 Å². The lowest BCUT2D eigenvalue weighted by Crippen LogP contribution is -1.97. The Hall–Kier alpha value is -2.24. The smallest absolute Gasteiger partial charge is 0.122 e. The first-order valence-electron chi connectivity index (χ1n) is 7.52. The van der Waals surface area contributed by atoms with Crippen molar-refractivity contribution in [3.8, 4) is 11.8 Å². The summed E-state index contributed by atoms with van der Waals surface area (Å²) in [5, 5.41) is 10.1. The van der Waals surface area contributed by atoms with Crippen LogP contribution in [0.1, 0.15) is 42.0 Å². The van der Waals surface area contributed by atoms with Gasteiger partial charge in [0.05, 0.1) is 18.8 Å². The van der Waals surface area contributed by atoms with Gasteiger partial charge < -0.3 is 4.74 Å². The zero-order chi connectivity index (χ0) is 17.0. The summed E-state index contributed by atoms with van der Waals surface area (Å²) >= 11 is 6.03. The summed E-state index contributed by atoms with van der Waals surface area (Å²) < 4.78 is 5.47. The summed E-state index contributed by atoms with van der Waals surface area (Å²) in [7, 11) is 1.68. The quantitative estimate of drug-likeness (QED) is 0.522. The molecule has 0 spiro atoms. The van der Waals surface area contributed by atoms with Crippen molar-refractivity contribution in [2.75, 3.05) is 7.11 Å². The minimum Gasteiger partial charge on any atom is -0.496 e. The number of rotatable bonds is 4. The lowest BCUT2D eigenvalue weighted by molar-refractivity contribution is 0.407. The Morgan fingerprint density at radius 3 is 2.57 bits per heavy atom. The van der Waals surface area contributed by atoms with Gasteiger partial charge in [-0.2, -0.15) is 5.26 Å². The van der Waals surface area contributed by atoms with Crippen LogP contribution in [0.25, 0.3) is 11.6 Å². The van der Waals surface area contributed by atoms with Gasteiger partial charge in [0, 0.05) is 5.02 Å². The Morgan fingerprint density at radius 1 is 1.26 bits per heavy atom. The summed E-state index contributed by atoms with van der Waals surface area (Å²) in [6.45, 7) is 6.27. The van der Waals surface area contributed by atoms with E-state index in [1.165, 1.54) is 0 Å². The van der Waals surface area contributed by atoms with E-state index in [-0.39, 0.29) is 0 Å². The minimum absolute atomic E-state index is 0.342. The van der Waals surface area contributed by atoms with Gasteiger partial charge in [-0.25, -0.2) is 0 Å². The average Bonchev–Trinajstić information content (AvgIpc) is 2.53. The summed E-state index contributed by atoms with van der Waals surface area (Å²) in [5.74, 6) is 1.23. The van der Waals surface area contributed by atoms with Crippen molar-refractivity contribution >= 4 is 23.3 Å². The Kier molecular flexibility index (Phi) is 5.47. The maximum absolute atomic E-state index is 9.52. The summed E-state index contributed by atoms with van der Waals surface area (Å²) in [6, 6.07) is 13.7. The van der Waals surface area contributed by atoms with Crippen molar-refractivity contribution in [3.05, 3.63) is 63.7 Å². The van der Waals surface area contributed by atoms with Gasteiger partial charge in [-0.05, 0) is 65.4 Å². The van der Waals surface area contributed by atoms with Gasteiger partial charge in [-0.15, -0.1) is 0 Å². The summed E-state index contributed by atoms with van der Waals surface area (Å²) in [5.41, 5.74) is 4.64. The molecular weight excluding hydrogens is 306 g/mol. The Bertz CT molecular complexity index is 785. The highest BCUT2D eigenvalue weighted by molar-refractivity contribution is 6.30. The lowest BCUT2D eigenvalue weighted by Gasteiger charge is -2.15. The van der Waals surface area contributed by atoms with Crippen LogP contribution < -0.4 is 4.74 Å². The molecule has 0 saturated heterocycles. The molecule has 0 radical (unpaired) electrons. The fourth-order valence-electron chi connectivity index (χ4n) is 2.49. The van der Waals surface area contributed by atoms with Gasteiger partial charge in [-0.3, -0.25) is 0 Å². The van der Waals surface area contributed by atoms with Crippen molar-refractivity contribution in [1.82, 2.24) is 0 Å². The molecular formula is C20H20ClNO. The van der Waals surface area contributed by atoms with E-state index in [2.05, 4.69) is 26.0 Å². The Labute approximate surface area is 143 Å². The maximum atomic E-state index is 9.52. The molecule has 23 heavy (non-hydrogen) atoms. The van der Waals surface area contributed by atoms with Crippen LogP contribution in [0.2, 0.25) is 5.02 Å². The largest absolute Gasteiger partial charge is 0.496 e. The standard InChI is InChI=1S/C20H20ClNO/c1-13(2)19-11-16(14(3)8-20(19)23-4)9-17(12-22)15-6-5-7-18(21)10-15/h5-11,13H,1-4H3/b17-9+. The number of benzene rings is 2.